The predicted octanol–water partition coefficient (Wildman–Crippen LogP) is 1.47. The number of ketones is 1. The number of fused-ring (bicyclic) bond motifs is 1. The molecule has 0 aromatic heterocycles. The first-order chi connectivity index (χ1) is 5.79. The van der Waals surface area contributed by atoms with Crippen molar-refractivity contribution < 1.29 is 10.0 Å². The Labute approximate surface area is 70.2 Å². The van der Waals surface area contributed by atoms with E-state index in [0.29, 0.717) is 24.2 Å². The number of hydroxylamine groups is 1. The van der Waals surface area contributed by atoms with Crippen LogP contribution >= 0.6 is 0 Å². The number of anilines is 1. The molecule has 0 saturated carbocycles. The zero-order chi connectivity index (χ0) is 8.55. The number of nitrogens with zero attached hydrogens (tertiary/aromatic N) is 1. The number of hydrogen-bond acceptors (Lipinski definition) is 3. The van der Waals surface area contributed by atoms with Crippen LogP contribution in [0.15, 0.2) is 24.3 Å². The smallest absolute Gasteiger partial charge is 0.166 e. The Morgan fingerprint density at radius 1 is 1.33 bits per heavy atom. The van der Waals surface area contributed by atoms with Crippen LogP contribution in [0.5, 0.6) is 0 Å². The lowest BCUT2D eigenvalue weighted by Crippen LogP contribution is -2.28. The highest BCUT2D eigenvalue weighted by atomic mass is 16.5. The fourth-order valence-electron chi connectivity index (χ4n) is 1.40. The van der Waals surface area contributed by atoms with Crippen molar-refractivity contribution in [3.05, 3.63) is 29.8 Å². The standard InChI is InChI=1S/C9H9NO2/c11-9-5-6-10(12)8-4-2-1-3-7(8)9/h1-4,12H,5-6H2. The molecule has 0 fully saturated rings. The van der Waals surface area contributed by atoms with Crippen LogP contribution in [0.4, 0.5) is 5.69 Å². The molecule has 1 aromatic rings. The van der Waals surface area contributed by atoms with Crippen LogP contribution in [-0.4, -0.2) is 17.5 Å². The van der Waals surface area contributed by atoms with Gasteiger partial charge in [-0.2, -0.15) is 0 Å². The third kappa shape index (κ3) is 0.987. The lowest BCUT2D eigenvalue weighted by Gasteiger charge is -2.23. The Morgan fingerprint density at radius 2 is 2.08 bits per heavy atom. The minimum Gasteiger partial charge on any atom is -0.294 e. The van der Waals surface area contributed by atoms with E-state index < -0.39 is 0 Å². The summed E-state index contributed by atoms with van der Waals surface area (Å²) in [5.74, 6) is 0.107. The highest BCUT2D eigenvalue weighted by Gasteiger charge is 2.20. The van der Waals surface area contributed by atoms with Gasteiger partial charge in [0.05, 0.1) is 12.2 Å². The van der Waals surface area contributed by atoms with Crippen LogP contribution in [0.2, 0.25) is 0 Å². The molecule has 0 bridgehead atoms. The molecular formula is C9H9NO2. The van der Waals surface area contributed by atoms with Crippen LogP contribution < -0.4 is 5.06 Å². The minimum atomic E-state index is 0.107. The SMILES string of the molecule is O=C1CCN(O)c2ccccc21. The molecule has 0 saturated heterocycles. The molecule has 12 heavy (non-hydrogen) atoms. The van der Waals surface area contributed by atoms with E-state index in [9.17, 15) is 10.0 Å². The summed E-state index contributed by atoms with van der Waals surface area (Å²) < 4.78 is 0. The maximum absolute atomic E-state index is 11.3. The van der Waals surface area contributed by atoms with Crippen molar-refractivity contribution in [2.24, 2.45) is 0 Å². The first kappa shape index (κ1) is 7.31. The van der Waals surface area contributed by atoms with E-state index in [0.717, 1.165) is 5.06 Å². The monoisotopic (exact) mass is 163 g/mol. The van der Waals surface area contributed by atoms with Gasteiger partial charge in [-0.25, -0.2) is 0 Å². The summed E-state index contributed by atoms with van der Waals surface area (Å²) in [6, 6.07) is 7.09. The van der Waals surface area contributed by atoms with E-state index in [4.69, 9.17) is 0 Å². The van der Waals surface area contributed by atoms with Crippen molar-refractivity contribution in [3.8, 4) is 0 Å². The lowest BCUT2D eigenvalue weighted by molar-refractivity contribution is 0.0960. The number of carbonyl (C=O) groups is 1. The van der Waals surface area contributed by atoms with Gasteiger partial charge in [0, 0.05) is 12.0 Å². The molecule has 62 valence electrons. The average molecular weight is 163 g/mol. The van der Waals surface area contributed by atoms with Crippen molar-refractivity contribution in [2.75, 3.05) is 11.6 Å². The van der Waals surface area contributed by atoms with Crippen molar-refractivity contribution in [3.63, 3.8) is 0 Å². The maximum Gasteiger partial charge on any atom is 0.166 e. The summed E-state index contributed by atoms with van der Waals surface area (Å²) in [5, 5.41) is 10.5. The lowest BCUT2D eigenvalue weighted by atomic mass is 10.0. The summed E-state index contributed by atoms with van der Waals surface area (Å²) in [6.45, 7) is 0.399. The van der Waals surface area contributed by atoms with Crippen molar-refractivity contribution >= 4 is 11.5 Å². The Hall–Kier alpha value is -1.35. The molecule has 3 heteroatoms. The first-order valence-corrected chi connectivity index (χ1v) is 3.87. The third-order valence-electron chi connectivity index (χ3n) is 2.03. The molecule has 1 aliphatic rings. The molecular weight excluding hydrogens is 154 g/mol. The summed E-state index contributed by atoms with van der Waals surface area (Å²) in [5.41, 5.74) is 1.24. The molecule has 0 amide bonds. The van der Waals surface area contributed by atoms with E-state index in [1.54, 1.807) is 24.3 Å². The summed E-state index contributed by atoms with van der Waals surface area (Å²) >= 11 is 0. The maximum atomic E-state index is 11.3. The van der Waals surface area contributed by atoms with Gasteiger partial charge in [0.2, 0.25) is 0 Å². The molecule has 1 aromatic carbocycles. The minimum absolute atomic E-state index is 0.107. The molecule has 1 heterocycles. The van der Waals surface area contributed by atoms with Gasteiger partial charge >= 0.3 is 0 Å². The molecule has 2 rings (SSSR count). The van der Waals surface area contributed by atoms with E-state index >= 15 is 0 Å². The molecule has 3 nitrogen and oxygen atoms in total. The zero-order valence-corrected chi connectivity index (χ0v) is 6.53. The van der Waals surface area contributed by atoms with Gasteiger partial charge in [-0.05, 0) is 12.1 Å². The van der Waals surface area contributed by atoms with E-state index in [1.807, 2.05) is 0 Å². The predicted molar refractivity (Wildman–Crippen MR) is 44.5 cm³/mol. The first-order valence-electron chi connectivity index (χ1n) is 3.87. The highest BCUT2D eigenvalue weighted by Crippen LogP contribution is 2.24. The second kappa shape index (κ2) is 2.60. The molecule has 1 N–H and O–H groups in total. The van der Waals surface area contributed by atoms with Crippen LogP contribution in [0, 0.1) is 0 Å². The van der Waals surface area contributed by atoms with E-state index in [-0.39, 0.29) is 5.78 Å². The summed E-state index contributed by atoms with van der Waals surface area (Å²) in [6.07, 6.45) is 0.396. The molecule has 0 radical (unpaired) electrons. The Bertz CT molecular complexity index is 322. The molecule has 0 aliphatic carbocycles. The normalized spacial score (nSPS) is 16.1. The van der Waals surface area contributed by atoms with Gasteiger partial charge in [0.1, 0.15) is 0 Å². The number of hydrogen-bond donors (Lipinski definition) is 1. The second-order valence-electron chi connectivity index (χ2n) is 2.81. The molecule has 0 spiro atoms. The van der Waals surface area contributed by atoms with E-state index in [1.165, 1.54) is 0 Å². The summed E-state index contributed by atoms with van der Waals surface area (Å²) in [7, 11) is 0. The molecule has 0 atom stereocenters. The fourth-order valence-corrected chi connectivity index (χ4v) is 1.40. The Morgan fingerprint density at radius 3 is 2.83 bits per heavy atom. The topological polar surface area (TPSA) is 40.5 Å². The van der Waals surface area contributed by atoms with Crippen molar-refractivity contribution in [2.45, 2.75) is 6.42 Å². The second-order valence-corrected chi connectivity index (χ2v) is 2.81. The van der Waals surface area contributed by atoms with Gasteiger partial charge in [-0.3, -0.25) is 15.1 Å². The summed E-state index contributed by atoms with van der Waals surface area (Å²) in [4.78, 5) is 11.3. The number of para-hydroxylation sites is 1. The van der Waals surface area contributed by atoms with Crippen LogP contribution in [-0.2, 0) is 0 Å². The van der Waals surface area contributed by atoms with Crippen LogP contribution in [0.25, 0.3) is 0 Å². The van der Waals surface area contributed by atoms with Crippen LogP contribution in [0.1, 0.15) is 16.8 Å². The third-order valence-corrected chi connectivity index (χ3v) is 2.03. The highest BCUT2D eigenvalue weighted by molar-refractivity contribution is 6.02. The number of rotatable bonds is 0. The van der Waals surface area contributed by atoms with Crippen molar-refractivity contribution in [1.29, 1.82) is 0 Å². The van der Waals surface area contributed by atoms with Gasteiger partial charge in [-0.1, -0.05) is 12.1 Å². The zero-order valence-electron chi connectivity index (χ0n) is 6.53. The Balaban J connectivity index is 2.55. The van der Waals surface area contributed by atoms with Crippen LogP contribution in [0.3, 0.4) is 0 Å². The number of Topliss-reactive ketones (excluding diaryl/α,β-unsaturated/α-hetero) is 1. The largest absolute Gasteiger partial charge is 0.294 e. The number of carbonyl (C=O) groups excluding carboxylic acids is 1. The Kier molecular flexibility index (Phi) is 1.59. The average Bonchev–Trinajstić information content (AvgIpc) is 2.12. The van der Waals surface area contributed by atoms with Gasteiger partial charge in [0.15, 0.2) is 5.78 Å². The molecule has 1 aliphatic heterocycles. The van der Waals surface area contributed by atoms with Crippen molar-refractivity contribution in [1.82, 2.24) is 0 Å². The van der Waals surface area contributed by atoms with Gasteiger partial charge in [-0.15, -0.1) is 0 Å². The quantitative estimate of drug-likeness (QED) is 0.629. The van der Waals surface area contributed by atoms with Gasteiger partial charge < -0.3 is 0 Å². The fraction of sp³-hybridized carbons (Fsp3) is 0.222. The van der Waals surface area contributed by atoms with Gasteiger partial charge in [0.25, 0.3) is 0 Å². The molecule has 0 unspecified atom stereocenters. The van der Waals surface area contributed by atoms with E-state index in [2.05, 4.69) is 0 Å². The number of benzene rings is 1.